The van der Waals surface area contributed by atoms with Gasteiger partial charge in [-0.2, -0.15) is 0 Å². The Morgan fingerprint density at radius 2 is 1.51 bits per heavy atom. The fourth-order valence-electron chi connectivity index (χ4n) is 9.81. The van der Waals surface area contributed by atoms with Crippen LogP contribution in [-0.4, -0.2) is 22.7 Å². The summed E-state index contributed by atoms with van der Waals surface area (Å²) in [6.45, 7) is 27.0. The molecule has 214 valence electrons. The fourth-order valence-corrected chi connectivity index (χ4v) is 12.0. The van der Waals surface area contributed by atoms with Crippen molar-refractivity contribution in [2.24, 2.45) is 46.3 Å². The minimum atomic E-state index is -1.68. The molecule has 0 spiro atoms. The van der Waals surface area contributed by atoms with Gasteiger partial charge in [-0.25, -0.2) is 0 Å². The topological polar surface area (TPSA) is 18.5 Å². The molecule has 0 aromatic rings. The first kappa shape index (κ1) is 29.9. The molecule has 7 unspecified atom stereocenters. The van der Waals surface area contributed by atoms with Gasteiger partial charge >= 0.3 is 0 Å². The Morgan fingerprint density at radius 1 is 0.811 bits per heavy atom. The van der Waals surface area contributed by atoms with Gasteiger partial charge in [0.05, 0.1) is 5.76 Å². The first-order chi connectivity index (χ1) is 17.0. The molecule has 0 amide bonds. The van der Waals surface area contributed by atoms with Crippen LogP contribution in [-0.2, 0) is 8.85 Å². The van der Waals surface area contributed by atoms with Gasteiger partial charge in [-0.3, -0.25) is 0 Å². The molecule has 4 heteroatoms. The highest BCUT2D eigenvalue weighted by Gasteiger charge is 2.60. The molecule has 0 aromatic carbocycles. The highest BCUT2D eigenvalue weighted by molar-refractivity contribution is 6.70. The van der Waals surface area contributed by atoms with Crippen LogP contribution in [0, 0.1) is 46.3 Å². The van der Waals surface area contributed by atoms with E-state index in [2.05, 4.69) is 73.9 Å². The summed E-state index contributed by atoms with van der Waals surface area (Å²) in [5.74, 6) is 6.63. The smallest absolute Gasteiger partial charge is 0.241 e. The molecule has 0 radical (unpaired) electrons. The van der Waals surface area contributed by atoms with Crippen LogP contribution in [0.1, 0.15) is 105 Å². The molecule has 4 rings (SSSR count). The summed E-state index contributed by atoms with van der Waals surface area (Å²) >= 11 is 0. The molecule has 37 heavy (non-hydrogen) atoms. The summed E-state index contributed by atoms with van der Waals surface area (Å²) in [7, 11) is -3.22. The van der Waals surface area contributed by atoms with Crippen molar-refractivity contribution in [3.05, 3.63) is 11.3 Å². The number of hydrogen-bond donors (Lipinski definition) is 0. The highest BCUT2D eigenvalue weighted by atomic mass is 28.4. The zero-order valence-electron chi connectivity index (χ0n) is 26.6. The largest absolute Gasteiger partial charge is 0.547 e. The quantitative estimate of drug-likeness (QED) is 0.268. The molecular weight excluding hydrogens is 485 g/mol. The Bertz CT molecular complexity index is 836. The van der Waals surface area contributed by atoms with Gasteiger partial charge in [0.1, 0.15) is 0 Å². The molecule has 0 bridgehead atoms. The molecule has 4 aliphatic rings. The maximum absolute atomic E-state index is 7.05. The van der Waals surface area contributed by atoms with Gasteiger partial charge in [0, 0.05) is 12.5 Å². The van der Waals surface area contributed by atoms with Crippen molar-refractivity contribution in [1.82, 2.24) is 0 Å². The van der Waals surface area contributed by atoms with E-state index in [0.717, 1.165) is 41.9 Å². The summed E-state index contributed by atoms with van der Waals surface area (Å²) < 4.78 is 13.8. The molecule has 2 nitrogen and oxygen atoms in total. The predicted molar refractivity (Wildman–Crippen MR) is 165 cm³/mol. The lowest BCUT2D eigenvalue weighted by Gasteiger charge is -2.59. The van der Waals surface area contributed by atoms with Gasteiger partial charge in [0.25, 0.3) is 0 Å². The standard InChI is InChI=1S/C33H62O2Si2/c1-23(2)13-12-14-24(3)27-15-16-28-26-22-31(35-37(9,10)11)30-21-25(34-36(6,7)8)17-19-33(30,5)29(26)18-20-32(27,28)4/h23-29H,12-22H2,1-11H3/t24?,25-,26?,27?,28?,29?,32?,33?/m0/s1. The van der Waals surface area contributed by atoms with Crippen LogP contribution >= 0.6 is 0 Å². The van der Waals surface area contributed by atoms with Gasteiger partial charge in [0.2, 0.25) is 8.32 Å². The van der Waals surface area contributed by atoms with Crippen LogP contribution in [0.2, 0.25) is 39.3 Å². The maximum atomic E-state index is 7.05. The molecule has 0 heterocycles. The monoisotopic (exact) mass is 546 g/mol. The van der Waals surface area contributed by atoms with Crippen molar-refractivity contribution < 1.29 is 8.85 Å². The Kier molecular flexibility index (Phi) is 8.67. The van der Waals surface area contributed by atoms with Crippen LogP contribution in [0.5, 0.6) is 0 Å². The zero-order chi connectivity index (χ0) is 27.4. The molecule has 8 atom stereocenters. The van der Waals surface area contributed by atoms with Gasteiger partial charge in [-0.1, -0.05) is 53.9 Å². The van der Waals surface area contributed by atoms with E-state index >= 15 is 0 Å². The van der Waals surface area contributed by atoms with Crippen LogP contribution in [0.25, 0.3) is 0 Å². The third-order valence-corrected chi connectivity index (χ3v) is 13.2. The SMILES string of the molecule is CC(C)CCCC(C)C1CCC2C3CC(O[Si](C)(C)C)=C4C[C@@H](O[Si](C)(C)C)CCC4(C)C3CCC12C. The van der Waals surface area contributed by atoms with E-state index in [1.807, 2.05) is 0 Å². The summed E-state index contributed by atoms with van der Waals surface area (Å²) in [5, 5.41) is 0. The number of hydrogen-bond acceptors (Lipinski definition) is 2. The molecule has 3 saturated carbocycles. The number of fused-ring (bicyclic) bond motifs is 5. The molecule has 0 saturated heterocycles. The average molecular weight is 547 g/mol. The first-order valence-corrected chi connectivity index (χ1v) is 22.9. The fraction of sp³-hybridized carbons (Fsp3) is 0.939. The third kappa shape index (κ3) is 6.32. The Balaban J connectivity index is 1.60. The van der Waals surface area contributed by atoms with Gasteiger partial charge < -0.3 is 8.85 Å². The lowest BCUT2D eigenvalue weighted by Crippen LogP contribution is -2.53. The van der Waals surface area contributed by atoms with E-state index in [1.54, 1.807) is 5.57 Å². The number of allylic oxidation sites excluding steroid dienone is 1. The molecule has 0 N–H and O–H groups in total. The van der Waals surface area contributed by atoms with E-state index in [0.29, 0.717) is 16.9 Å². The minimum absolute atomic E-state index is 0.319. The second-order valence-corrected chi connectivity index (χ2v) is 25.6. The van der Waals surface area contributed by atoms with Crippen molar-refractivity contribution in [1.29, 1.82) is 0 Å². The van der Waals surface area contributed by atoms with Crippen molar-refractivity contribution in [2.75, 3.05) is 0 Å². The highest BCUT2D eigenvalue weighted by Crippen LogP contribution is 2.68. The first-order valence-electron chi connectivity index (χ1n) is 16.1. The second-order valence-electron chi connectivity index (χ2n) is 16.7. The van der Waals surface area contributed by atoms with E-state index in [4.69, 9.17) is 8.85 Å². The second kappa shape index (κ2) is 10.7. The third-order valence-electron chi connectivity index (χ3n) is 11.3. The number of rotatable bonds is 9. The lowest BCUT2D eigenvalue weighted by atomic mass is 9.46. The molecule has 3 fully saturated rings. The zero-order valence-corrected chi connectivity index (χ0v) is 28.6. The van der Waals surface area contributed by atoms with Crippen molar-refractivity contribution in [3.8, 4) is 0 Å². The van der Waals surface area contributed by atoms with E-state index in [9.17, 15) is 0 Å². The van der Waals surface area contributed by atoms with Crippen molar-refractivity contribution in [2.45, 2.75) is 151 Å². The average Bonchev–Trinajstić information content (AvgIpc) is 3.10. The van der Waals surface area contributed by atoms with E-state index < -0.39 is 16.6 Å². The summed E-state index contributed by atoms with van der Waals surface area (Å²) in [5.41, 5.74) is 2.54. The summed E-state index contributed by atoms with van der Waals surface area (Å²) in [6, 6.07) is 0. The van der Waals surface area contributed by atoms with E-state index in [-0.39, 0.29) is 0 Å². The van der Waals surface area contributed by atoms with Gasteiger partial charge in [-0.05, 0) is 136 Å². The summed E-state index contributed by atoms with van der Waals surface area (Å²) in [4.78, 5) is 0. The Morgan fingerprint density at radius 3 is 2.14 bits per heavy atom. The van der Waals surface area contributed by atoms with Crippen LogP contribution in [0.15, 0.2) is 11.3 Å². The molecule has 0 aromatic heterocycles. The van der Waals surface area contributed by atoms with Crippen LogP contribution in [0.4, 0.5) is 0 Å². The van der Waals surface area contributed by atoms with Crippen molar-refractivity contribution in [3.63, 3.8) is 0 Å². The van der Waals surface area contributed by atoms with Crippen LogP contribution in [0.3, 0.4) is 0 Å². The Hall–Kier alpha value is -0.0662. The Labute approximate surface area is 233 Å². The predicted octanol–water partition coefficient (Wildman–Crippen LogP) is 10.4. The van der Waals surface area contributed by atoms with Crippen molar-refractivity contribution >= 4 is 16.6 Å². The maximum Gasteiger partial charge on any atom is 0.241 e. The normalized spacial score (nSPS) is 39.3. The van der Waals surface area contributed by atoms with Crippen LogP contribution < -0.4 is 0 Å². The molecule has 0 aliphatic heterocycles. The van der Waals surface area contributed by atoms with E-state index in [1.165, 1.54) is 70.0 Å². The van der Waals surface area contributed by atoms with Gasteiger partial charge in [-0.15, -0.1) is 0 Å². The lowest BCUT2D eigenvalue weighted by molar-refractivity contribution is -0.0646. The molecule has 4 aliphatic carbocycles. The van der Waals surface area contributed by atoms with Gasteiger partial charge in [0.15, 0.2) is 8.32 Å². The minimum Gasteiger partial charge on any atom is -0.547 e. The summed E-state index contributed by atoms with van der Waals surface area (Å²) in [6.07, 6.45) is 15.4. The molecular formula is C33H62O2Si2.